The molecule has 1 aromatic heterocycles. The third-order valence-corrected chi connectivity index (χ3v) is 2.10. The molecule has 0 saturated heterocycles. The van der Waals surface area contributed by atoms with Gasteiger partial charge in [0.2, 0.25) is 0 Å². The molecule has 1 aliphatic rings. The molecular weight excluding hydrogens is 198 g/mol. The molecule has 0 spiro atoms. The van der Waals surface area contributed by atoms with Crippen LogP contribution in [0, 0.1) is 10.1 Å². The molecule has 1 aromatic rings. The van der Waals surface area contributed by atoms with Gasteiger partial charge in [0, 0.05) is 4.98 Å². The van der Waals surface area contributed by atoms with Crippen LogP contribution in [-0.2, 0) is 6.54 Å². The Morgan fingerprint density at radius 2 is 2.69 bits per heavy atom. The SMILES string of the molecule is O=[N+]([O-])c1cn2c(n1)O[C@H](CCl)C2. The van der Waals surface area contributed by atoms with Crippen molar-refractivity contribution in [3.8, 4) is 6.01 Å². The standard InChI is InChI=1S/C6H6ClN3O3/c7-1-4-2-9-3-5(10(11)12)8-6(9)13-4/h3-4H,1-2H2/t4-/m1/s1. The van der Waals surface area contributed by atoms with Crippen molar-refractivity contribution in [1.29, 1.82) is 0 Å². The molecule has 0 aliphatic carbocycles. The van der Waals surface area contributed by atoms with Crippen molar-refractivity contribution in [2.24, 2.45) is 0 Å². The molecule has 0 saturated carbocycles. The number of nitro groups is 1. The van der Waals surface area contributed by atoms with Crippen LogP contribution in [0.2, 0.25) is 0 Å². The van der Waals surface area contributed by atoms with Crippen LogP contribution < -0.4 is 4.74 Å². The normalized spacial score (nSPS) is 19.6. The zero-order valence-electron chi connectivity index (χ0n) is 6.51. The van der Waals surface area contributed by atoms with Gasteiger partial charge in [-0.05, 0) is 4.92 Å². The van der Waals surface area contributed by atoms with E-state index < -0.39 is 4.92 Å². The fourth-order valence-electron chi connectivity index (χ4n) is 1.18. The van der Waals surface area contributed by atoms with Crippen molar-refractivity contribution in [2.45, 2.75) is 12.6 Å². The van der Waals surface area contributed by atoms with E-state index >= 15 is 0 Å². The minimum atomic E-state index is -0.551. The first-order valence-corrected chi connectivity index (χ1v) is 4.18. The van der Waals surface area contributed by atoms with Crippen LogP contribution in [0.5, 0.6) is 6.01 Å². The Hall–Kier alpha value is -1.30. The van der Waals surface area contributed by atoms with E-state index in [9.17, 15) is 10.1 Å². The molecular formula is C6H6ClN3O3. The fraction of sp³-hybridized carbons (Fsp3) is 0.500. The maximum absolute atomic E-state index is 10.3. The number of hydrogen-bond acceptors (Lipinski definition) is 4. The maximum atomic E-state index is 10.3. The molecule has 70 valence electrons. The maximum Gasteiger partial charge on any atom is 0.414 e. The highest BCUT2D eigenvalue weighted by Gasteiger charge is 2.30. The molecule has 0 bridgehead atoms. The number of rotatable bonds is 2. The van der Waals surface area contributed by atoms with E-state index in [-0.39, 0.29) is 17.9 Å². The summed E-state index contributed by atoms with van der Waals surface area (Å²) >= 11 is 5.56. The van der Waals surface area contributed by atoms with Gasteiger partial charge in [-0.3, -0.25) is 4.57 Å². The van der Waals surface area contributed by atoms with Gasteiger partial charge in [-0.15, -0.1) is 11.6 Å². The van der Waals surface area contributed by atoms with Gasteiger partial charge >= 0.3 is 11.8 Å². The summed E-state index contributed by atoms with van der Waals surface area (Å²) in [6.07, 6.45) is 1.23. The number of halogens is 1. The van der Waals surface area contributed by atoms with Crippen LogP contribution in [0.25, 0.3) is 0 Å². The highest BCUT2D eigenvalue weighted by molar-refractivity contribution is 6.18. The van der Waals surface area contributed by atoms with E-state index in [0.717, 1.165) is 0 Å². The Labute approximate surface area is 78.2 Å². The quantitative estimate of drug-likeness (QED) is 0.405. The molecule has 1 atom stereocenters. The molecule has 0 radical (unpaired) electrons. The minimum absolute atomic E-state index is 0.120. The van der Waals surface area contributed by atoms with E-state index in [0.29, 0.717) is 12.4 Å². The summed E-state index contributed by atoms with van der Waals surface area (Å²) < 4.78 is 6.79. The summed E-state index contributed by atoms with van der Waals surface area (Å²) in [7, 11) is 0. The summed E-state index contributed by atoms with van der Waals surface area (Å²) in [6.45, 7) is 0.527. The first kappa shape index (κ1) is 8.31. The molecule has 13 heavy (non-hydrogen) atoms. The molecule has 1 aliphatic heterocycles. The number of fused-ring (bicyclic) bond motifs is 1. The van der Waals surface area contributed by atoms with Gasteiger partial charge in [0.1, 0.15) is 12.3 Å². The zero-order chi connectivity index (χ0) is 9.42. The van der Waals surface area contributed by atoms with Crippen molar-refractivity contribution < 1.29 is 9.66 Å². The van der Waals surface area contributed by atoms with Crippen molar-refractivity contribution in [3.63, 3.8) is 0 Å². The van der Waals surface area contributed by atoms with Gasteiger partial charge in [0.05, 0.1) is 12.4 Å². The van der Waals surface area contributed by atoms with Crippen molar-refractivity contribution >= 4 is 17.4 Å². The third-order valence-electron chi connectivity index (χ3n) is 1.76. The molecule has 0 N–H and O–H groups in total. The molecule has 2 rings (SSSR count). The highest BCUT2D eigenvalue weighted by Crippen LogP contribution is 2.24. The summed E-state index contributed by atoms with van der Waals surface area (Å²) in [5.41, 5.74) is 0. The van der Waals surface area contributed by atoms with Gasteiger partial charge in [0.25, 0.3) is 0 Å². The lowest BCUT2D eigenvalue weighted by molar-refractivity contribution is -0.389. The fourth-order valence-corrected chi connectivity index (χ4v) is 1.35. The Morgan fingerprint density at radius 1 is 1.92 bits per heavy atom. The summed E-state index contributed by atoms with van der Waals surface area (Å²) in [4.78, 5) is 13.4. The molecule has 0 fully saturated rings. The predicted octanol–water partition coefficient (Wildman–Crippen LogP) is 0.791. The van der Waals surface area contributed by atoms with Crippen molar-refractivity contribution in [2.75, 3.05) is 5.88 Å². The van der Waals surface area contributed by atoms with Crippen LogP contribution in [0.15, 0.2) is 6.20 Å². The summed E-state index contributed by atoms with van der Waals surface area (Å²) in [5.74, 6) is 0.167. The third kappa shape index (κ3) is 1.33. The Bertz CT molecular complexity index is 327. The van der Waals surface area contributed by atoms with Gasteiger partial charge < -0.3 is 14.9 Å². The van der Waals surface area contributed by atoms with Crippen molar-refractivity contribution in [3.05, 3.63) is 16.3 Å². The van der Waals surface area contributed by atoms with Crippen LogP contribution in [0.4, 0.5) is 5.82 Å². The van der Waals surface area contributed by atoms with Gasteiger partial charge in [0.15, 0.2) is 0 Å². The lowest BCUT2D eigenvalue weighted by atomic mass is 10.4. The second-order valence-corrected chi connectivity index (χ2v) is 2.99. The van der Waals surface area contributed by atoms with Crippen LogP contribution >= 0.6 is 11.6 Å². The molecule has 0 unspecified atom stereocenters. The van der Waals surface area contributed by atoms with E-state index in [1.54, 1.807) is 4.57 Å². The predicted molar refractivity (Wildman–Crippen MR) is 44.0 cm³/mol. The van der Waals surface area contributed by atoms with Crippen LogP contribution in [-0.4, -0.2) is 26.5 Å². The lowest BCUT2D eigenvalue weighted by Crippen LogP contribution is -2.16. The van der Waals surface area contributed by atoms with Crippen LogP contribution in [0.3, 0.4) is 0 Å². The second-order valence-electron chi connectivity index (χ2n) is 2.69. The van der Waals surface area contributed by atoms with E-state index in [4.69, 9.17) is 16.3 Å². The minimum Gasteiger partial charge on any atom is -0.439 e. The second kappa shape index (κ2) is 2.88. The Balaban J connectivity index is 2.23. The topological polar surface area (TPSA) is 70.2 Å². The number of aromatic nitrogens is 2. The summed E-state index contributed by atoms with van der Waals surface area (Å²) in [5, 5.41) is 10.3. The van der Waals surface area contributed by atoms with E-state index in [2.05, 4.69) is 4.98 Å². The molecule has 0 amide bonds. The van der Waals surface area contributed by atoms with Gasteiger partial charge in [-0.1, -0.05) is 0 Å². The zero-order valence-corrected chi connectivity index (χ0v) is 7.27. The van der Waals surface area contributed by atoms with Crippen molar-refractivity contribution in [1.82, 2.24) is 9.55 Å². The smallest absolute Gasteiger partial charge is 0.414 e. The molecule has 7 heteroatoms. The number of ether oxygens (including phenoxy) is 1. The Kier molecular flexibility index (Phi) is 1.84. The number of imidazole rings is 1. The van der Waals surface area contributed by atoms with E-state index in [1.165, 1.54) is 6.20 Å². The number of nitrogens with zero attached hydrogens (tertiary/aromatic N) is 3. The first-order chi connectivity index (χ1) is 6.20. The number of hydrogen-bond donors (Lipinski definition) is 0. The lowest BCUT2D eigenvalue weighted by Gasteiger charge is -2.00. The number of alkyl halides is 1. The van der Waals surface area contributed by atoms with Crippen LogP contribution in [0.1, 0.15) is 0 Å². The highest BCUT2D eigenvalue weighted by atomic mass is 35.5. The summed E-state index contributed by atoms with van der Waals surface area (Å²) in [6, 6.07) is 0.275. The van der Waals surface area contributed by atoms with Gasteiger partial charge in [-0.25, -0.2) is 0 Å². The Morgan fingerprint density at radius 3 is 3.23 bits per heavy atom. The average Bonchev–Trinajstić information content (AvgIpc) is 2.58. The molecule has 6 nitrogen and oxygen atoms in total. The molecule has 2 heterocycles. The molecule has 0 aromatic carbocycles. The van der Waals surface area contributed by atoms with Gasteiger partial charge in [-0.2, -0.15) is 0 Å². The average molecular weight is 204 g/mol. The van der Waals surface area contributed by atoms with E-state index in [1.807, 2.05) is 0 Å². The monoisotopic (exact) mass is 203 g/mol. The largest absolute Gasteiger partial charge is 0.439 e. The first-order valence-electron chi connectivity index (χ1n) is 3.65.